The van der Waals surface area contributed by atoms with E-state index in [1.165, 1.54) is 40.8 Å². The molecule has 0 aliphatic rings. The highest BCUT2D eigenvalue weighted by atomic mass is 32.2. The second-order valence-electron chi connectivity index (χ2n) is 5.52. The highest BCUT2D eigenvalue weighted by Gasteiger charge is 2.30. The largest absolute Gasteiger partial charge is 0.416 e. The van der Waals surface area contributed by atoms with Gasteiger partial charge in [0, 0.05) is 11.4 Å². The predicted molar refractivity (Wildman–Crippen MR) is 107 cm³/mol. The first-order valence-electron chi connectivity index (χ1n) is 8.00. The third-order valence-electron chi connectivity index (χ3n) is 3.39. The Labute approximate surface area is 172 Å². The molecule has 0 saturated heterocycles. The Hall–Kier alpha value is -2.04. The van der Waals surface area contributed by atoms with Gasteiger partial charge in [0.2, 0.25) is 5.91 Å². The first-order chi connectivity index (χ1) is 13.4. The Morgan fingerprint density at radius 3 is 2.43 bits per heavy atom. The lowest BCUT2D eigenvalue weighted by atomic mass is 10.2. The summed E-state index contributed by atoms with van der Waals surface area (Å²) in [6.45, 7) is 0. The summed E-state index contributed by atoms with van der Waals surface area (Å²) in [4.78, 5) is 12.0. The molecule has 0 aliphatic heterocycles. The molecular weight excluding hydrogens is 427 g/mol. The van der Waals surface area contributed by atoms with Crippen molar-refractivity contribution in [3.8, 4) is 0 Å². The summed E-state index contributed by atoms with van der Waals surface area (Å²) in [6.07, 6.45) is -4.45. The van der Waals surface area contributed by atoms with Gasteiger partial charge >= 0.3 is 6.18 Å². The van der Waals surface area contributed by atoms with Crippen LogP contribution in [0.1, 0.15) is 11.1 Å². The zero-order chi connectivity index (χ0) is 20.0. The summed E-state index contributed by atoms with van der Waals surface area (Å²) in [7, 11) is 0. The number of hydrogen-bond acceptors (Lipinski definition) is 6. The molecule has 146 valence electrons. The SMILES string of the molecule is O=C(CSc1nnc(SCc2ccccc2)s1)Nc1cccc(C(F)(F)F)c1. The summed E-state index contributed by atoms with van der Waals surface area (Å²) >= 11 is 4.14. The zero-order valence-corrected chi connectivity index (χ0v) is 16.7. The maximum atomic E-state index is 12.7. The van der Waals surface area contributed by atoms with Crippen molar-refractivity contribution in [3.05, 3.63) is 65.7 Å². The van der Waals surface area contributed by atoms with Crippen LogP contribution in [0.4, 0.5) is 18.9 Å². The van der Waals surface area contributed by atoms with E-state index in [1.54, 1.807) is 11.8 Å². The predicted octanol–water partition coefficient (Wildman–Crippen LogP) is 5.58. The number of alkyl halides is 3. The van der Waals surface area contributed by atoms with E-state index in [2.05, 4.69) is 15.5 Å². The molecule has 1 N–H and O–H groups in total. The van der Waals surface area contributed by atoms with Crippen molar-refractivity contribution in [1.29, 1.82) is 0 Å². The topological polar surface area (TPSA) is 54.9 Å². The van der Waals surface area contributed by atoms with Crippen LogP contribution in [0, 0.1) is 0 Å². The summed E-state index contributed by atoms with van der Waals surface area (Å²) in [5.74, 6) is 0.405. The van der Waals surface area contributed by atoms with Crippen molar-refractivity contribution in [2.75, 3.05) is 11.1 Å². The lowest BCUT2D eigenvalue weighted by molar-refractivity contribution is -0.137. The van der Waals surface area contributed by atoms with Crippen LogP contribution in [0.3, 0.4) is 0 Å². The van der Waals surface area contributed by atoms with E-state index in [4.69, 9.17) is 0 Å². The minimum atomic E-state index is -4.45. The van der Waals surface area contributed by atoms with Gasteiger partial charge in [0.25, 0.3) is 0 Å². The summed E-state index contributed by atoms with van der Waals surface area (Å²) in [5, 5.41) is 10.6. The smallest absolute Gasteiger partial charge is 0.325 e. The van der Waals surface area contributed by atoms with Crippen LogP contribution >= 0.6 is 34.9 Å². The second kappa shape index (κ2) is 9.44. The fourth-order valence-corrected chi connectivity index (χ4v) is 4.91. The zero-order valence-electron chi connectivity index (χ0n) is 14.3. The third kappa shape index (κ3) is 6.25. The Balaban J connectivity index is 1.48. The number of hydrogen-bond donors (Lipinski definition) is 1. The highest BCUT2D eigenvalue weighted by Crippen LogP contribution is 2.32. The Morgan fingerprint density at radius 1 is 1.00 bits per heavy atom. The number of carbonyl (C=O) groups excluding carboxylic acids is 1. The molecule has 28 heavy (non-hydrogen) atoms. The maximum absolute atomic E-state index is 12.7. The van der Waals surface area contributed by atoms with Crippen molar-refractivity contribution in [2.24, 2.45) is 0 Å². The minimum absolute atomic E-state index is 0.0359. The van der Waals surface area contributed by atoms with Gasteiger partial charge in [-0.3, -0.25) is 4.79 Å². The highest BCUT2D eigenvalue weighted by molar-refractivity contribution is 8.03. The number of amides is 1. The summed E-state index contributed by atoms with van der Waals surface area (Å²) < 4.78 is 39.6. The average molecular weight is 442 g/mol. The molecular formula is C18H14F3N3OS3. The van der Waals surface area contributed by atoms with Crippen molar-refractivity contribution >= 4 is 46.5 Å². The van der Waals surface area contributed by atoms with Crippen molar-refractivity contribution in [3.63, 3.8) is 0 Å². The summed E-state index contributed by atoms with van der Waals surface area (Å²) in [6, 6.07) is 14.5. The van der Waals surface area contributed by atoms with E-state index >= 15 is 0 Å². The molecule has 0 aliphatic carbocycles. The number of nitrogens with zero attached hydrogens (tertiary/aromatic N) is 2. The van der Waals surface area contributed by atoms with Crippen LogP contribution in [0.25, 0.3) is 0 Å². The molecule has 1 aromatic heterocycles. The Kier molecular flexibility index (Phi) is 6.97. The number of benzene rings is 2. The average Bonchev–Trinajstić information content (AvgIpc) is 3.13. The number of aromatic nitrogens is 2. The number of anilines is 1. The quantitative estimate of drug-likeness (QED) is 0.485. The van der Waals surface area contributed by atoms with E-state index in [1.807, 2.05) is 30.3 Å². The molecule has 0 spiro atoms. The standard InChI is InChI=1S/C18H14F3N3OS3/c19-18(20,21)13-7-4-8-14(9-13)22-15(25)11-27-17-24-23-16(28-17)26-10-12-5-2-1-3-6-12/h1-9H,10-11H2,(H,22,25). The van der Waals surface area contributed by atoms with Crippen LogP contribution in [-0.4, -0.2) is 21.9 Å². The normalized spacial score (nSPS) is 11.4. The molecule has 0 fully saturated rings. The van der Waals surface area contributed by atoms with Crippen molar-refractivity contribution < 1.29 is 18.0 Å². The fourth-order valence-electron chi connectivity index (χ4n) is 2.13. The molecule has 3 rings (SSSR count). The van der Waals surface area contributed by atoms with Gasteiger partial charge in [-0.05, 0) is 23.8 Å². The van der Waals surface area contributed by atoms with Crippen LogP contribution in [0.2, 0.25) is 0 Å². The van der Waals surface area contributed by atoms with Crippen LogP contribution in [0.15, 0.2) is 63.3 Å². The van der Waals surface area contributed by atoms with Gasteiger partial charge in [-0.25, -0.2) is 0 Å². The number of carbonyl (C=O) groups is 1. The van der Waals surface area contributed by atoms with Gasteiger partial charge in [0.15, 0.2) is 8.68 Å². The third-order valence-corrected chi connectivity index (χ3v) is 6.65. The number of halogens is 3. The summed E-state index contributed by atoms with van der Waals surface area (Å²) in [5.41, 5.74) is 0.483. The Morgan fingerprint density at radius 2 is 1.71 bits per heavy atom. The maximum Gasteiger partial charge on any atom is 0.416 e. The number of thioether (sulfide) groups is 2. The molecule has 1 amide bonds. The van der Waals surface area contributed by atoms with Crippen molar-refractivity contribution in [2.45, 2.75) is 20.6 Å². The molecule has 0 saturated carbocycles. The number of rotatable bonds is 7. The van der Waals surface area contributed by atoms with Crippen molar-refractivity contribution in [1.82, 2.24) is 10.2 Å². The van der Waals surface area contributed by atoms with Gasteiger partial charge < -0.3 is 5.32 Å². The molecule has 0 radical (unpaired) electrons. The minimum Gasteiger partial charge on any atom is -0.325 e. The van der Waals surface area contributed by atoms with Crippen LogP contribution in [0.5, 0.6) is 0 Å². The van der Waals surface area contributed by atoms with E-state index in [0.717, 1.165) is 22.2 Å². The lowest BCUT2D eigenvalue weighted by Gasteiger charge is -2.09. The monoisotopic (exact) mass is 441 g/mol. The number of nitrogens with one attached hydrogen (secondary N) is 1. The van der Waals surface area contributed by atoms with E-state index < -0.39 is 17.6 Å². The van der Waals surface area contributed by atoms with Gasteiger partial charge in [0.1, 0.15) is 0 Å². The molecule has 2 aromatic carbocycles. The fraction of sp³-hybridized carbons (Fsp3) is 0.167. The first kappa shape index (κ1) is 20.7. The van der Waals surface area contributed by atoms with Crippen LogP contribution in [-0.2, 0) is 16.7 Å². The molecule has 0 bridgehead atoms. The molecule has 4 nitrogen and oxygen atoms in total. The van der Waals surface area contributed by atoms with Gasteiger partial charge in [-0.1, -0.05) is 71.3 Å². The Bertz CT molecular complexity index is 932. The van der Waals surface area contributed by atoms with Gasteiger partial charge in [0.05, 0.1) is 11.3 Å². The molecule has 3 aromatic rings. The van der Waals surface area contributed by atoms with E-state index in [-0.39, 0.29) is 11.4 Å². The van der Waals surface area contributed by atoms with Gasteiger partial charge in [-0.15, -0.1) is 10.2 Å². The first-order valence-corrected chi connectivity index (χ1v) is 10.8. The molecule has 1 heterocycles. The van der Waals surface area contributed by atoms with E-state index in [0.29, 0.717) is 4.34 Å². The lowest BCUT2D eigenvalue weighted by Crippen LogP contribution is -2.15. The van der Waals surface area contributed by atoms with Crippen LogP contribution < -0.4 is 5.32 Å². The molecule has 0 atom stereocenters. The van der Waals surface area contributed by atoms with Gasteiger partial charge in [-0.2, -0.15) is 13.2 Å². The molecule has 0 unspecified atom stereocenters. The molecule has 10 heteroatoms. The second-order valence-corrected chi connectivity index (χ2v) is 8.95. The van der Waals surface area contributed by atoms with E-state index in [9.17, 15) is 18.0 Å².